The van der Waals surface area contributed by atoms with Gasteiger partial charge in [-0.1, -0.05) is 23.2 Å². The molecule has 2 rings (SSSR count). The van der Waals surface area contributed by atoms with E-state index in [2.05, 4.69) is 21.8 Å². The standard InChI is InChI=1S/C12H13Cl2N3/c1-2-17-8-15-6-12(17)7-16-11-4-9(13)3-10(14)5-11/h3-6,8,16H,2,7H2,1H3. The minimum Gasteiger partial charge on any atom is -0.379 e. The van der Waals surface area contributed by atoms with Crippen LogP contribution in [0.5, 0.6) is 0 Å². The molecule has 0 unspecified atom stereocenters. The molecule has 1 heterocycles. The van der Waals surface area contributed by atoms with Crippen LogP contribution in [0.4, 0.5) is 5.69 Å². The van der Waals surface area contributed by atoms with Crippen molar-refractivity contribution in [3.05, 3.63) is 46.5 Å². The van der Waals surface area contributed by atoms with E-state index < -0.39 is 0 Å². The third-order valence-electron chi connectivity index (χ3n) is 2.48. The second-order valence-corrected chi connectivity index (χ2v) is 4.56. The van der Waals surface area contributed by atoms with Crippen LogP contribution >= 0.6 is 23.2 Å². The van der Waals surface area contributed by atoms with Gasteiger partial charge in [-0.2, -0.15) is 0 Å². The van der Waals surface area contributed by atoms with Crippen molar-refractivity contribution in [2.24, 2.45) is 0 Å². The fourth-order valence-corrected chi connectivity index (χ4v) is 2.15. The van der Waals surface area contributed by atoms with Crippen LogP contribution in [0.2, 0.25) is 10.0 Å². The number of imidazole rings is 1. The van der Waals surface area contributed by atoms with Crippen molar-refractivity contribution >= 4 is 28.9 Å². The molecule has 0 aliphatic heterocycles. The van der Waals surface area contributed by atoms with E-state index in [1.807, 2.05) is 24.7 Å². The molecule has 0 fully saturated rings. The van der Waals surface area contributed by atoms with Gasteiger partial charge in [-0.25, -0.2) is 4.98 Å². The molecular weight excluding hydrogens is 257 g/mol. The number of nitrogens with zero attached hydrogens (tertiary/aromatic N) is 2. The Hall–Kier alpha value is -1.19. The van der Waals surface area contributed by atoms with E-state index in [4.69, 9.17) is 23.2 Å². The van der Waals surface area contributed by atoms with Gasteiger partial charge in [0.2, 0.25) is 0 Å². The summed E-state index contributed by atoms with van der Waals surface area (Å²) in [6.07, 6.45) is 3.67. The van der Waals surface area contributed by atoms with Crippen LogP contribution in [0.1, 0.15) is 12.6 Å². The van der Waals surface area contributed by atoms with Crippen LogP contribution in [0.3, 0.4) is 0 Å². The first-order valence-electron chi connectivity index (χ1n) is 5.38. The highest BCUT2D eigenvalue weighted by Crippen LogP contribution is 2.22. The van der Waals surface area contributed by atoms with Crippen LogP contribution in [0.15, 0.2) is 30.7 Å². The lowest BCUT2D eigenvalue weighted by Gasteiger charge is -2.09. The molecule has 0 radical (unpaired) electrons. The number of benzene rings is 1. The molecule has 0 saturated heterocycles. The maximum absolute atomic E-state index is 5.93. The van der Waals surface area contributed by atoms with Crippen molar-refractivity contribution in [2.45, 2.75) is 20.0 Å². The molecular formula is C12H13Cl2N3. The molecule has 0 amide bonds. The summed E-state index contributed by atoms with van der Waals surface area (Å²) >= 11 is 11.9. The van der Waals surface area contributed by atoms with Gasteiger partial charge in [0.15, 0.2) is 0 Å². The lowest BCUT2D eigenvalue weighted by molar-refractivity contribution is 0.719. The van der Waals surface area contributed by atoms with E-state index in [1.54, 1.807) is 6.07 Å². The molecule has 1 aromatic carbocycles. The molecule has 3 nitrogen and oxygen atoms in total. The third kappa shape index (κ3) is 3.14. The topological polar surface area (TPSA) is 29.9 Å². The molecule has 1 N–H and O–H groups in total. The van der Waals surface area contributed by atoms with Gasteiger partial charge in [-0.05, 0) is 25.1 Å². The molecule has 1 aromatic heterocycles. The summed E-state index contributed by atoms with van der Waals surface area (Å²) in [4.78, 5) is 4.11. The predicted octanol–water partition coefficient (Wildman–Crippen LogP) is 3.82. The SMILES string of the molecule is CCn1cncc1CNc1cc(Cl)cc(Cl)c1. The van der Waals surface area contributed by atoms with Gasteiger partial charge < -0.3 is 9.88 Å². The fourth-order valence-electron chi connectivity index (χ4n) is 1.63. The van der Waals surface area contributed by atoms with E-state index in [9.17, 15) is 0 Å². The van der Waals surface area contributed by atoms with Crippen LogP contribution < -0.4 is 5.32 Å². The summed E-state index contributed by atoms with van der Waals surface area (Å²) < 4.78 is 2.08. The Balaban J connectivity index is 2.07. The third-order valence-corrected chi connectivity index (χ3v) is 2.91. The summed E-state index contributed by atoms with van der Waals surface area (Å²) in [6, 6.07) is 5.41. The van der Waals surface area contributed by atoms with Gasteiger partial charge in [0.25, 0.3) is 0 Å². The number of aryl methyl sites for hydroxylation is 1. The van der Waals surface area contributed by atoms with Gasteiger partial charge in [0.05, 0.1) is 18.6 Å². The second kappa shape index (κ2) is 5.43. The summed E-state index contributed by atoms with van der Waals surface area (Å²) in [5.41, 5.74) is 2.04. The summed E-state index contributed by atoms with van der Waals surface area (Å²) in [7, 11) is 0. The zero-order chi connectivity index (χ0) is 12.3. The lowest BCUT2D eigenvalue weighted by Crippen LogP contribution is -2.05. The highest BCUT2D eigenvalue weighted by Gasteiger charge is 2.01. The number of halogens is 2. The van der Waals surface area contributed by atoms with Crippen molar-refractivity contribution in [1.29, 1.82) is 0 Å². The number of anilines is 1. The first-order chi connectivity index (χ1) is 8.19. The predicted molar refractivity (Wildman–Crippen MR) is 71.7 cm³/mol. The first kappa shape index (κ1) is 12.3. The smallest absolute Gasteiger partial charge is 0.0948 e. The maximum atomic E-state index is 5.93. The van der Waals surface area contributed by atoms with E-state index in [-0.39, 0.29) is 0 Å². The van der Waals surface area contributed by atoms with Crippen molar-refractivity contribution in [1.82, 2.24) is 9.55 Å². The zero-order valence-corrected chi connectivity index (χ0v) is 11.0. The fraction of sp³-hybridized carbons (Fsp3) is 0.250. The van der Waals surface area contributed by atoms with Crippen LogP contribution in [0.25, 0.3) is 0 Å². The minimum atomic E-state index is 0.629. The first-order valence-corrected chi connectivity index (χ1v) is 6.13. The number of hydrogen-bond acceptors (Lipinski definition) is 2. The summed E-state index contributed by atoms with van der Waals surface area (Å²) in [5.74, 6) is 0. The maximum Gasteiger partial charge on any atom is 0.0948 e. The second-order valence-electron chi connectivity index (χ2n) is 3.68. The van der Waals surface area contributed by atoms with Crippen molar-refractivity contribution in [3.63, 3.8) is 0 Å². The highest BCUT2D eigenvalue weighted by atomic mass is 35.5. The molecule has 0 aliphatic carbocycles. The molecule has 5 heteroatoms. The minimum absolute atomic E-state index is 0.629. The van der Waals surface area contributed by atoms with Crippen molar-refractivity contribution in [3.8, 4) is 0 Å². The molecule has 0 aliphatic rings. The van der Waals surface area contributed by atoms with Crippen molar-refractivity contribution in [2.75, 3.05) is 5.32 Å². The Bertz CT molecular complexity index is 488. The van der Waals surface area contributed by atoms with E-state index in [1.165, 1.54) is 0 Å². The van der Waals surface area contributed by atoms with Gasteiger partial charge in [-0.3, -0.25) is 0 Å². The molecule has 0 bridgehead atoms. The monoisotopic (exact) mass is 269 g/mol. The Morgan fingerprint density at radius 2 is 1.94 bits per heavy atom. The van der Waals surface area contributed by atoms with Gasteiger partial charge in [-0.15, -0.1) is 0 Å². The Labute approximate surface area is 110 Å². The van der Waals surface area contributed by atoms with Gasteiger partial charge in [0, 0.05) is 28.5 Å². The molecule has 2 aromatic rings. The number of hydrogen-bond donors (Lipinski definition) is 1. The van der Waals surface area contributed by atoms with Crippen molar-refractivity contribution < 1.29 is 0 Å². The average molecular weight is 270 g/mol. The van der Waals surface area contributed by atoms with E-state index >= 15 is 0 Å². The van der Waals surface area contributed by atoms with Crippen LogP contribution in [-0.4, -0.2) is 9.55 Å². The summed E-state index contributed by atoms with van der Waals surface area (Å²) in [5, 5.41) is 4.53. The molecule has 17 heavy (non-hydrogen) atoms. The Morgan fingerprint density at radius 3 is 2.59 bits per heavy atom. The molecule has 0 atom stereocenters. The van der Waals surface area contributed by atoms with Crippen LogP contribution in [0, 0.1) is 0 Å². The molecule has 0 spiro atoms. The Kier molecular flexibility index (Phi) is 3.92. The number of nitrogens with one attached hydrogen (secondary N) is 1. The van der Waals surface area contributed by atoms with E-state index in [0.717, 1.165) is 17.9 Å². The zero-order valence-electron chi connectivity index (χ0n) is 9.45. The Morgan fingerprint density at radius 1 is 1.24 bits per heavy atom. The number of rotatable bonds is 4. The quantitative estimate of drug-likeness (QED) is 0.915. The van der Waals surface area contributed by atoms with Gasteiger partial charge >= 0.3 is 0 Å². The van der Waals surface area contributed by atoms with Crippen LogP contribution in [-0.2, 0) is 13.1 Å². The van der Waals surface area contributed by atoms with Gasteiger partial charge in [0.1, 0.15) is 0 Å². The summed E-state index contributed by atoms with van der Waals surface area (Å²) in [6.45, 7) is 3.69. The highest BCUT2D eigenvalue weighted by molar-refractivity contribution is 6.35. The average Bonchev–Trinajstić information content (AvgIpc) is 2.72. The van der Waals surface area contributed by atoms with E-state index in [0.29, 0.717) is 16.6 Å². The normalized spacial score (nSPS) is 10.5. The molecule has 90 valence electrons. The molecule has 0 saturated carbocycles. The largest absolute Gasteiger partial charge is 0.379 e. The lowest BCUT2D eigenvalue weighted by atomic mass is 10.3. The number of aromatic nitrogens is 2.